The van der Waals surface area contributed by atoms with Crippen molar-refractivity contribution in [3.8, 4) is 0 Å². The zero-order chi connectivity index (χ0) is 21.0. The van der Waals surface area contributed by atoms with Gasteiger partial charge in [0.05, 0.1) is 17.1 Å². The summed E-state index contributed by atoms with van der Waals surface area (Å²) in [5.41, 5.74) is 6.53. The Morgan fingerprint density at radius 1 is 1.31 bits per heavy atom. The van der Waals surface area contributed by atoms with Crippen molar-refractivity contribution in [1.82, 2.24) is 14.8 Å². The molecule has 3 N–H and O–H groups in total. The molecule has 0 saturated heterocycles. The smallest absolute Gasteiger partial charge is 0.237 e. The van der Waals surface area contributed by atoms with Crippen molar-refractivity contribution in [1.29, 1.82) is 0 Å². The van der Waals surface area contributed by atoms with E-state index in [1.54, 1.807) is 11.0 Å². The van der Waals surface area contributed by atoms with Crippen molar-refractivity contribution in [2.45, 2.75) is 50.9 Å². The van der Waals surface area contributed by atoms with Crippen molar-refractivity contribution in [3.05, 3.63) is 30.1 Å². The first-order chi connectivity index (χ1) is 13.9. The highest BCUT2D eigenvalue weighted by atomic mass is 32.2. The number of aryl methyl sites for hydroxylation is 1. The normalized spacial score (nSPS) is 16.1. The number of anilines is 2. The fraction of sp³-hybridized carbons (Fsp3) is 0.421. The number of carbonyl (C=O) groups excluding carboxylic acids is 3. The van der Waals surface area contributed by atoms with Crippen LogP contribution < -0.4 is 16.0 Å². The van der Waals surface area contributed by atoms with Crippen LogP contribution in [0.4, 0.5) is 11.4 Å². The second-order valence-electron chi connectivity index (χ2n) is 6.78. The minimum atomic E-state index is -0.392. The summed E-state index contributed by atoms with van der Waals surface area (Å²) < 4.78 is 1.88. The van der Waals surface area contributed by atoms with Gasteiger partial charge in [-0.2, -0.15) is 0 Å². The number of fused-ring (bicyclic) bond motifs is 1. The molecule has 2 aromatic rings. The summed E-state index contributed by atoms with van der Waals surface area (Å²) in [5, 5.41) is 11.8. The lowest BCUT2D eigenvalue weighted by Gasteiger charge is -2.27. The highest BCUT2D eigenvalue weighted by molar-refractivity contribution is 7.99. The van der Waals surface area contributed by atoms with Gasteiger partial charge >= 0.3 is 0 Å². The molecule has 1 aliphatic rings. The number of carbonyl (C=O) groups is 3. The van der Waals surface area contributed by atoms with E-state index in [2.05, 4.69) is 15.5 Å². The SMILES string of the molecule is CCn1c(CCC(N)=O)nnc1SCC(=O)N1c2ccccc2NC(=O)C[C@@H]1C. The van der Waals surface area contributed by atoms with Crippen molar-refractivity contribution >= 4 is 40.9 Å². The van der Waals surface area contributed by atoms with Gasteiger partial charge < -0.3 is 20.5 Å². The van der Waals surface area contributed by atoms with Crippen LogP contribution in [-0.2, 0) is 27.3 Å². The van der Waals surface area contributed by atoms with Gasteiger partial charge in [-0.3, -0.25) is 14.4 Å². The molecule has 1 aromatic carbocycles. The van der Waals surface area contributed by atoms with Crippen LogP contribution in [0.15, 0.2) is 29.4 Å². The van der Waals surface area contributed by atoms with Gasteiger partial charge in [0, 0.05) is 31.8 Å². The fourth-order valence-electron chi connectivity index (χ4n) is 3.33. The molecule has 29 heavy (non-hydrogen) atoms. The van der Waals surface area contributed by atoms with E-state index < -0.39 is 5.91 Å². The van der Waals surface area contributed by atoms with Gasteiger partial charge in [-0.25, -0.2) is 0 Å². The van der Waals surface area contributed by atoms with Crippen LogP contribution in [0.1, 0.15) is 32.5 Å². The van der Waals surface area contributed by atoms with Crippen molar-refractivity contribution in [3.63, 3.8) is 0 Å². The third-order valence-electron chi connectivity index (χ3n) is 4.66. The Bertz CT molecular complexity index is 928. The minimum absolute atomic E-state index is 0.113. The molecule has 154 valence electrons. The molecule has 0 spiro atoms. The van der Waals surface area contributed by atoms with Gasteiger partial charge in [0.2, 0.25) is 17.7 Å². The number of primary amides is 1. The Morgan fingerprint density at radius 3 is 2.79 bits per heavy atom. The molecule has 0 fully saturated rings. The first-order valence-electron chi connectivity index (χ1n) is 9.44. The van der Waals surface area contributed by atoms with Crippen LogP contribution >= 0.6 is 11.8 Å². The van der Waals surface area contributed by atoms with Gasteiger partial charge in [0.1, 0.15) is 5.82 Å². The number of aromatic nitrogens is 3. The van der Waals surface area contributed by atoms with Crippen LogP contribution in [-0.4, -0.2) is 44.3 Å². The van der Waals surface area contributed by atoms with E-state index >= 15 is 0 Å². The lowest BCUT2D eigenvalue weighted by molar-refractivity contribution is -0.119. The monoisotopic (exact) mass is 416 g/mol. The van der Waals surface area contributed by atoms with Gasteiger partial charge in [0.25, 0.3) is 0 Å². The van der Waals surface area contributed by atoms with Crippen LogP contribution in [0.25, 0.3) is 0 Å². The van der Waals surface area contributed by atoms with E-state index in [4.69, 9.17) is 5.73 Å². The van der Waals surface area contributed by atoms with E-state index in [1.807, 2.05) is 36.6 Å². The van der Waals surface area contributed by atoms with Crippen molar-refractivity contribution in [2.75, 3.05) is 16.0 Å². The number of hydrogen-bond acceptors (Lipinski definition) is 6. The van der Waals surface area contributed by atoms with E-state index in [0.29, 0.717) is 35.3 Å². The predicted octanol–water partition coefficient (Wildman–Crippen LogP) is 1.57. The summed E-state index contributed by atoms with van der Waals surface area (Å²) in [4.78, 5) is 37.9. The summed E-state index contributed by atoms with van der Waals surface area (Å²) in [5.74, 6) is 0.205. The predicted molar refractivity (Wildman–Crippen MR) is 111 cm³/mol. The molecule has 0 bridgehead atoms. The van der Waals surface area contributed by atoms with E-state index in [0.717, 1.165) is 0 Å². The van der Waals surface area contributed by atoms with Crippen LogP contribution in [0, 0.1) is 0 Å². The van der Waals surface area contributed by atoms with E-state index in [1.165, 1.54) is 11.8 Å². The number of nitrogens with one attached hydrogen (secondary N) is 1. The highest BCUT2D eigenvalue weighted by Crippen LogP contribution is 2.32. The highest BCUT2D eigenvalue weighted by Gasteiger charge is 2.29. The summed E-state index contributed by atoms with van der Waals surface area (Å²) in [6, 6.07) is 7.02. The Labute approximate surface area is 173 Å². The fourth-order valence-corrected chi connectivity index (χ4v) is 4.21. The number of nitrogens with two attached hydrogens (primary N) is 1. The summed E-state index contributed by atoms with van der Waals surface area (Å²) in [6.07, 6.45) is 0.841. The standard InChI is InChI=1S/C19H24N6O3S/c1-3-24-16(9-8-15(20)26)22-23-19(24)29-11-18(28)25-12(2)10-17(27)21-13-6-4-5-7-14(13)25/h4-7,12H,3,8-11H2,1-2H3,(H2,20,26)(H,21,27)/t12-/m0/s1. The van der Waals surface area contributed by atoms with Crippen LogP contribution in [0.5, 0.6) is 0 Å². The molecule has 2 heterocycles. The van der Waals surface area contributed by atoms with Gasteiger partial charge in [-0.05, 0) is 26.0 Å². The van der Waals surface area contributed by atoms with Gasteiger partial charge in [-0.1, -0.05) is 23.9 Å². The van der Waals surface area contributed by atoms with Crippen LogP contribution in [0.3, 0.4) is 0 Å². The number of thioether (sulfide) groups is 1. The van der Waals surface area contributed by atoms with Crippen molar-refractivity contribution < 1.29 is 14.4 Å². The van der Waals surface area contributed by atoms with Crippen LogP contribution in [0.2, 0.25) is 0 Å². The number of benzene rings is 1. The second kappa shape index (κ2) is 9.08. The summed E-state index contributed by atoms with van der Waals surface area (Å²) in [6.45, 7) is 4.44. The average molecular weight is 417 g/mol. The zero-order valence-electron chi connectivity index (χ0n) is 16.4. The molecule has 0 saturated carbocycles. The second-order valence-corrected chi connectivity index (χ2v) is 7.72. The van der Waals surface area contributed by atoms with Crippen molar-refractivity contribution in [2.24, 2.45) is 5.73 Å². The Balaban J connectivity index is 1.75. The quantitative estimate of drug-likeness (QED) is 0.661. The summed E-state index contributed by atoms with van der Waals surface area (Å²) >= 11 is 1.29. The lowest BCUT2D eigenvalue weighted by Crippen LogP contribution is -2.40. The molecule has 0 radical (unpaired) electrons. The number of hydrogen-bond donors (Lipinski definition) is 2. The Kier molecular flexibility index (Phi) is 6.53. The summed E-state index contributed by atoms with van der Waals surface area (Å²) in [7, 11) is 0. The number of rotatable bonds is 7. The third kappa shape index (κ3) is 4.76. The lowest BCUT2D eigenvalue weighted by atomic mass is 10.2. The van der Waals surface area contributed by atoms with Gasteiger partial charge in [0.15, 0.2) is 5.16 Å². The topological polar surface area (TPSA) is 123 Å². The molecule has 1 aromatic heterocycles. The largest absolute Gasteiger partial charge is 0.370 e. The maximum absolute atomic E-state index is 13.1. The minimum Gasteiger partial charge on any atom is -0.370 e. The third-order valence-corrected chi connectivity index (χ3v) is 5.61. The number of nitrogens with zero attached hydrogens (tertiary/aromatic N) is 4. The maximum Gasteiger partial charge on any atom is 0.237 e. The Hall–Kier alpha value is -2.88. The molecular formula is C19H24N6O3S. The molecule has 3 rings (SSSR count). The van der Waals surface area contributed by atoms with E-state index in [9.17, 15) is 14.4 Å². The first kappa shape index (κ1) is 20.8. The molecule has 1 atom stereocenters. The molecule has 1 aliphatic heterocycles. The van der Waals surface area contributed by atoms with Gasteiger partial charge in [-0.15, -0.1) is 10.2 Å². The molecule has 0 unspecified atom stereocenters. The molecule has 0 aliphatic carbocycles. The van der Waals surface area contributed by atoms with E-state index in [-0.39, 0.29) is 36.5 Å². The molecule has 3 amide bonds. The average Bonchev–Trinajstić information content (AvgIpc) is 3.01. The number of amides is 3. The first-order valence-corrected chi connectivity index (χ1v) is 10.4. The molecule has 10 heteroatoms. The number of para-hydroxylation sites is 2. The zero-order valence-corrected chi connectivity index (χ0v) is 17.2. The molecular weight excluding hydrogens is 392 g/mol. The molecule has 9 nitrogen and oxygen atoms in total. The maximum atomic E-state index is 13.1. The Morgan fingerprint density at radius 2 is 2.07 bits per heavy atom.